The third kappa shape index (κ3) is 3.67. The van der Waals surface area contributed by atoms with Crippen LogP contribution in [-0.4, -0.2) is 33.5 Å². The van der Waals surface area contributed by atoms with Crippen molar-refractivity contribution < 1.29 is 14.5 Å². The maximum absolute atomic E-state index is 11.3. The molecule has 0 aliphatic heterocycles. The highest BCUT2D eigenvalue weighted by Crippen LogP contribution is 2.09. The van der Waals surface area contributed by atoms with E-state index in [9.17, 15) is 14.9 Å². The third-order valence-corrected chi connectivity index (χ3v) is 1.83. The van der Waals surface area contributed by atoms with Crippen molar-refractivity contribution in [2.45, 2.75) is 19.9 Å². The molecule has 0 aromatic carbocycles. The summed E-state index contributed by atoms with van der Waals surface area (Å²) in [6.45, 7) is 3.57. The number of ether oxygens (including phenoxy) is 1. The van der Waals surface area contributed by atoms with Gasteiger partial charge in [0, 0.05) is 0 Å². The number of nitrogens with one attached hydrogen (secondary N) is 1. The Balaban J connectivity index is 2.63. The first kappa shape index (κ1) is 12.8. The highest BCUT2D eigenvalue weighted by molar-refractivity contribution is 5.78. The van der Waals surface area contributed by atoms with Gasteiger partial charge in [0.15, 0.2) is 0 Å². The van der Waals surface area contributed by atoms with Crippen LogP contribution in [0.1, 0.15) is 13.8 Å². The fourth-order valence-electron chi connectivity index (χ4n) is 1.01. The average Bonchev–Trinajstić information content (AvgIpc) is 2.30. The Bertz CT molecular complexity index is 406. The molecule has 0 aliphatic carbocycles. The van der Waals surface area contributed by atoms with Crippen LogP contribution in [0.2, 0.25) is 0 Å². The van der Waals surface area contributed by atoms with Crippen molar-refractivity contribution in [2.24, 2.45) is 0 Å². The largest absolute Gasteiger partial charge is 0.464 e. The summed E-state index contributed by atoms with van der Waals surface area (Å²) >= 11 is 0. The zero-order valence-corrected chi connectivity index (χ0v) is 9.41. The lowest BCUT2D eigenvalue weighted by Crippen LogP contribution is -2.28. The first-order valence-electron chi connectivity index (χ1n) is 4.94. The summed E-state index contributed by atoms with van der Waals surface area (Å²) in [5.41, 5.74) is -0.209. The molecule has 1 N–H and O–H groups in total. The van der Waals surface area contributed by atoms with Crippen LogP contribution in [0.3, 0.4) is 0 Å². The van der Waals surface area contributed by atoms with E-state index in [2.05, 4.69) is 15.3 Å². The van der Waals surface area contributed by atoms with E-state index >= 15 is 0 Å². The lowest BCUT2D eigenvalue weighted by atomic mass is 10.3. The standard InChI is InChI=1S/C9H12N4O4/c1-3-17-8(14)6(2)12-9-10-4-7(5-11-9)13(15)16/h4-6H,3H2,1-2H3,(H,10,11,12). The van der Waals surface area contributed by atoms with E-state index < -0.39 is 16.9 Å². The van der Waals surface area contributed by atoms with Gasteiger partial charge in [0.1, 0.15) is 18.4 Å². The minimum Gasteiger partial charge on any atom is -0.464 e. The van der Waals surface area contributed by atoms with Crippen LogP contribution in [0.15, 0.2) is 12.4 Å². The van der Waals surface area contributed by atoms with Crippen LogP contribution in [0, 0.1) is 10.1 Å². The van der Waals surface area contributed by atoms with Crippen molar-refractivity contribution in [1.29, 1.82) is 0 Å². The predicted molar refractivity (Wildman–Crippen MR) is 58.4 cm³/mol. The van der Waals surface area contributed by atoms with Gasteiger partial charge in [-0.25, -0.2) is 14.8 Å². The quantitative estimate of drug-likeness (QED) is 0.459. The summed E-state index contributed by atoms with van der Waals surface area (Å²) in [5, 5.41) is 13.0. The highest BCUT2D eigenvalue weighted by atomic mass is 16.6. The topological polar surface area (TPSA) is 107 Å². The van der Waals surface area contributed by atoms with E-state index in [1.807, 2.05) is 0 Å². The molecular weight excluding hydrogens is 228 g/mol. The number of hydrogen-bond donors (Lipinski definition) is 1. The SMILES string of the molecule is CCOC(=O)C(C)Nc1ncc([N+](=O)[O-])cn1. The minimum absolute atomic E-state index is 0.135. The highest BCUT2D eigenvalue weighted by Gasteiger charge is 2.15. The summed E-state index contributed by atoms with van der Waals surface area (Å²) in [6.07, 6.45) is 2.13. The Morgan fingerprint density at radius 2 is 2.18 bits per heavy atom. The number of nitro groups is 1. The van der Waals surface area contributed by atoms with Crippen LogP contribution < -0.4 is 5.32 Å². The van der Waals surface area contributed by atoms with Crippen LogP contribution in [0.4, 0.5) is 11.6 Å². The third-order valence-electron chi connectivity index (χ3n) is 1.83. The second-order valence-electron chi connectivity index (χ2n) is 3.14. The van der Waals surface area contributed by atoms with Crippen LogP contribution in [-0.2, 0) is 9.53 Å². The average molecular weight is 240 g/mol. The maximum atomic E-state index is 11.3. The minimum atomic E-state index is -0.614. The summed E-state index contributed by atoms with van der Waals surface area (Å²) in [7, 11) is 0. The van der Waals surface area contributed by atoms with E-state index in [0.717, 1.165) is 12.4 Å². The second kappa shape index (κ2) is 5.73. The Kier molecular flexibility index (Phi) is 4.32. The molecule has 1 aromatic heterocycles. The summed E-state index contributed by atoms with van der Waals surface area (Å²) < 4.78 is 4.77. The molecule has 8 nitrogen and oxygen atoms in total. The Morgan fingerprint density at radius 1 is 1.59 bits per heavy atom. The molecule has 17 heavy (non-hydrogen) atoms. The Morgan fingerprint density at radius 3 is 2.65 bits per heavy atom. The molecule has 1 unspecified atom stereocenters. The van der Waals surface area contributed by atoms with E-state index in [1.165, 1.54) is 0 Å². The van der Waals surface area contributed by atoms with Crippen LogP contribution in [0.5, 0.6) is 0 Å². The number of rotatable bonds is 5. The fourth-order valence-corrected chi connectivity index (χ4v) is 1.01. The zero-order chi connectivity index (χ0) is 12.8. The van der Waals surface area contributed by atoms with Crippen molar-refractivity contribution in [1.82, 2.24) is 9.97 Å². The number of hydrogen-bond acceptors (Lipinski definition) is 7. The van der Waals surface area contributed by atoms with E-state index in [0.29, 0.717) is 0 Å². The molecule has 0 amide bonds. The maximum Gasteiger partial charge on any atom is 0.328 e. The number of esters is 1. The van der Waals surface area contributed by atoms with Crippen molar-refractivity contribution in [2.75, 3.05) is 11.9 Å². The van der Waals surface area contributed by atoms with Crippen LogP contribution in [0.25, 0.3) is 0 Å². The van der Waals surface area contributed by atoms with Gasteiger partial charge in [-0.2, -0.15) is 0 Å². The zero-order valence-electron chi connectivity index (χ0n) is 9.41. The monoisotopic (exact) mass is 240 g/mol. The van der Waals surface area contributed by atoms with E-state index in [-0.39, 0.29) is 18.2 Å². The van der Waals surface area contributed by atoms with Gasteiger partial charge >= 0.3 is 11.7 Å². The normalized spacial score (nSPS) is 11.6. The predicted octanol–water partition coefficient (Wildman–Crippen LogP) is 0.748. The van der Waals surface area contributed by atoms with Gasteiger partial charge in [-0.05, 0) is 13.8 Å². The molecule has 0 aliphatic rings. The van der Waals surface area contributed by atoms with E-state index in [1.54, 1.807) is 13.8 Å². The fraction of sp³-hybridized carbons (Fsp3) is 0.444. The first-order valence-corrected chi connectivity index (χ1v) is 4.94. The van der Waals surface area contributed by atoms with Crippen LogP contribution >= 0.6 is 0 Å². The van der Waals surface area contributed by atoms with Gasteiger partial charge < -0.3 is 10.1 Å². The molecule has 1 aromatic rings. The number of aromatic nitrogens is 2. The van der Waals surface area contributed by atoms with Gasteiger partial charge in [0.05, 0.1) is 11.5 Å². The smallest absolute Gasteiger partial charge is 0.328 e. The van der Waals surface area contributed by atoms with E-state index in [4.69, 9.17) is 4.74 Å². The molecule has 0 bridgehead atoms. The number of anilines is 1. The molecule has 8 heteroatoms. The van der Waals surface area contributed by atoms with Gasteiger partial charge in [0.2, 0.25) is 5.95 Å². The molecule has 1 heterocycles. The molecule has 1 rings (SSSR count). The van der Waals surface area contributed by atoms with Crippen molar-refractivity contribution in [3.05, 3.63) is 22.5 Å². The van der Waals surface area contributed by atoms with Gasteiger partial charge in [-0.1, -0.05) is 0 Å². The molecule has 0 fully saturated rings. The molecule has 0 saturated heterocycles. The Hall–Kier alpha value is -2.25. The lowest BCUT2D eigenvalue weighted by molar-refractivity contribution is -0.385. The Labute approximate surface area is 97.2 Å². The second-order valence-corrected chi connectivity index (χ2v) is 3.14. The summed E-state index contributed by atoms with van der Waals surface area (Å²) in [6, 6.07) is -0.614. The van der Waals surface area contributed by atoms with Gasteiger partial charge in [0.25, 0.3) is 0 Å². The molecule has 92 valence electrons. The number of carbonyl (C=O) groups excluding carboxylic acids is 1. The molecule has 0 saturated carbocycles. The van der Waals surface area contributed by atoms with Crippen molar-refractivity contribution in [3.63, 3.8) is 0 Å². The van der Waals surface area contributed by atoms with Crippen molar-refractivity contribution >= 4 is 17.6 Å². The molecule has 1 atom stereocenters. The number of nitrogens with zero attached hydrogens (tertiary/aromatic N) is 3. The summed E-state index contributed by atoms with van der Waals surface area (Å²) in [5.74, 6) is -0.300. The van der Waals surface area contributed by atoms with Gasteiger partial charge in [-0.15, -0.1) is 0 Å². The van der Waals surface area contributed by atoms with Gasteiger partial charge in [-0.3, -0.25) is 10.1 Å². The summed E-state index contributed by atoms with van der Waals surface area (Å²) in [4.78, 5) is 28.5. The lowest BCUT2D eigenvalue weighted by Gasteiger charge is -2.11. The van der Waals surface area contributed by atoms with Crippen molar-refractivity contribution in [3.8, 4) is 0 Å². The molecule has 0 spiro atoms. The number of carbonyl (C=O) groups is 1. The molecular formula is C9H12N4O4. The molecule has 0 radical (unpaired) electrons. The first-order chi connectivity index (χ1) is 8.04.